The van der Waals surface area contributed by atoms with Gasteiger partial charge < -0.3 is 20.0 Å². The number of aromatic nitrogens is 6. The topological polar surface area (TPSA) is 138 Å². The van der Waals surface area contributed by atoms with Crippen LogP contribution in [0.3, 0.4) is 0 Å². The van der Waals surface area contributed by atoms with E-state index in [1.807, 2.05) is 18.2 Å². The molecule has 1 unspecified atom stereocenters. The number of hydrogen-bond donors (Lipinski definition) is 3. The molecule has 1 saturated heterocycles. The first-order valence-corrected chi connectivity index (χ1v) is 11.2. The molecule has 3 N–H and O–H groups in total. The van der Waals surface area contributed by atoms with Crippen molar-refractivity contribution in [1.29, 1.82) is 0 Å². The van der Waals surface area contributed by atoms with Gasteiger partial charge in [0.25, 0.3) is 5.91 Å². The highest BCUT2D eigenvalue weighted by atomic mass is 16.3. The maximum absolute atomic E-state index is 12.6. The Balaban J connectivity index is 1.27. The van der Waals surface area contributed by atoms with Crippen LogP contribution in [0.2, 0.25) is 0 Å². The van der Waals surface area contributed by atoms with Gasteiger partial charge in [-0.05, 0) is 37.1 Å². The number of rotatable bonds is 6. The highest BCUT2D eigenvalue weighted by Gasteiger charge is 2.30. The largest absolute Gasteiger partial charge is 0.459 e. The molecule has 1 atom stereocenters. The third-order valence-corrected chi connectivity index (χ3v) is 5.84. The van der Waals surface area contributed by atoms with Crippen molar-refractivity contribution in [3.8, 4) is 0 Å². The summed E-state index contributed by atoms with van der Waals surface area (Å²) in [6.45, 7) is 0.825. The summed E-state index contributed by atoms with van der Waals surface area (Å²) in [5.74, 6) is 1.16. The number of furan rings is 1. The molecule has 11 nitrogen and oxygen atoms in total. The van der Waals surface area contributed by atoms with Gasteiger partial charge in [0.2, 0.25) is 5.95 Å². The zero-order chi connectivity index (χ0) is 23.6. The number of nitrogens with zero attached hydrogens (tertiary/aromatic N) is 6. The summed E-state index contributed by atoms with van der Waals surface area (Å²) < 4.78 is 5.64. The van der Waals surface area contributed by atoms with Gasteiger partial charge in [-0.25, -0.2) is 4.98 Å². The minimum atomic E-state index is -0.321. The van der Waals surface area contributed by atoms with Crippen LogP contribution < -0.4 is 15.5 Å². The maximum atomic E-state index is 12.6. The molecule has 1 aliphatic rings. The zero-order valence-corrected chi connectivity index (χ0v) is 18.5. The minimum absolute atomic E-state index is 0.0993. The number of carbonyl (C=O) groups excluding carboxylic acids is 1. The standard InChI is InChI=1S/C24H21N9O2/c34-23(27-15-6-10-25-11-7-15)18-14-20(32-31-18)29-22-21-17(8-13-35-21)28-24(30-22)33-12-3-5-19(33)16-4-1-2-9-26-16/h1-2,4,6-11,13-14,19H,3,5,12H2,(H,25,27,34)(H2,28,29,30,31,32). The minimum Gasteiger partial charge on any atom is -0.459 e. The molecule has 1 fully saturated rings. The Morgan fingerprint density at radius 2 is 2.03 bits per heavy atom. The lowest BCUT2D eigenvalue weighted by atomic mass is 10.1. The van der Waals surface area contributed by atoms with Gasteiger partial charge >= 0.3 is 0 Å². The first-order chi connectivity index (χ1) is 17.2. The van der Waals surface area contributed by atoms with Crippen LogP contribution in [-0.4, -0.2) is 42.6 Å². The average Bonchev–Trinajstić information content (AvgIpc) is 3.66. The second-order valence-corrected chi connectivity index (χ2v) is 8.10. The molecule has 0 bridgehead atoms. The van der Waals surface area contributed by atoms with E-state index in [1.165, 1.54) is 0 Å². The van der Waals surface area contributed by atoms with Gasteiger partial charge in [0.1, 0.15) is 11.2 Å². The lowest BCUT2D eigenvalue weighted by molar-refractivity contribution is 0.102. The lowest BCUT2D eigenvalue weighted by Gasteiger charge is -2.24. The van der Waals surface area contributed by atoms with E-state index in [4.69, 9.17) is 14.4 Å². The molecule has 6 heterocycles. The zero-order valence-electron chi connectivity index (χ0n) is 18.5. The summed E-state index contributed by atoms with van der Waals surface area (Å²) in [6, 6.07) is 12.9. The molecule has 0 aromatic carbocycles. The van der Waals surface area contributed by atoms with Gasteiger partial charge in [-0.2, -0.15) is 10.1 Å². The highest BCUT2D eigenvalue weighted by Crippen LogP contribution is 2.35. The third-order valence-electron chi connectivity index (χ3n) is 5.84. The fourth-order valence-corrected chi connectivity index (χ4v) is 4.21. The summed E-state index contributed by atoms with van der Waals surface area (Å²) in [4.78, 5) is 32.7. The molecule has 0 radical (unpaired) electrons. The van der Waals surface area contributed by atoms with Crippen LogP contribution in [0.25, 0.3) is 11.1 Å². The van der Waals surface area contributed by atoms with E-state index in [-0.39, 0.29) is 11.9 Å². The number of hydrogen-bond acceptors (Lipinski definition) is 9. The van der Waals surface area contributed by atoms with Crippen molar-refractivity contribution in [1.82, 2.24) is 30.1 Å². The van der Waals surface area contributed by atoms with Gasteiger partial charge in [-0.1, -0.05) is 6.07 Å². The summed E-state index contributed by atoms with van der Waals surface area (Å²) in [7, 11) is 0. The fraction of sp³-hybridized carbons (Fsp3) is 0.167. The van der Waals surface area contributed by atoms with E-state index in [0.29, 0.717) is 40.1 Å². The quantitative estimate of drug-likeness (QED) is 0.337. The molecule has 11 heteroatoms. The second-order valence-electron chi connectivity index (χ2n) is 8.10. The molecule has 0 aliphatic carbocycles. The van der Waals surface area contributed by atoms with Gasteiger partial charge in [-0.15, -0.1) is 0 Å². The van der Waals surface area contributed by atoms with Gasteiger partial charge in [0.15, 0.2) is 17.2 Å². The fourth-order valence-electron chi connectivity index (χ4n) is 4.21. The molecule has 5 aromatic rings. The molecule has 6 rings (SSSR count). The predicted molar refractivity (Wildman–Crippen MR) is 129 cm³/mol. The Bertz CT molecular complexity index is 1470. The van der Waals surface area contributed by atoms with Gasteiger partial charge in [0, 0.05) is 43.0 Å². The smallest absolute Gasteiger partial charge is 0.273 e. The van der Waals surface area contributed by atoms with Crippen molar-refractivity contribution in [2.45, 2.75) is 18.9 Å². The Labute approximate surface area is 199 Å². The predicted octanol–water partition coefficient (Wildman–Crippen LogP) is 4.07. The Morgan fingerprint density at radius 1 is 1.11 bits per heavy atom. The van der Waals surface area contributed by atoms with Gasteiger partial charge in [-0.3, -0.25) is 19.9 Å². The van der Waals surface area contributed by atoms with E-state index in [2.05, 4.69) is 35.7 Å². The summed E-state index contributed by atoms with van der Waals surface area (Å²) in [5.41, 5.74) is 3.11. The van der Waals surface area contributed by atoms with E-state index in [1.54, 1.807) is 49.1 Å². The number of anilines is 4. The number of H-pyrrole nitrogens is 1. The average molecular weight is 467 g/mol. The van der Waals surface area contributed by atoms with Crippen molar-refractivity contribution in [3.63, 3.8) is 0 Å². The van der Waals surface area contributed by atoms with Crippen molar-refractivity contribution < 1.29 is 9.21 Å². The number of nitrogens with one attached hydrogen (secondary N) is 3. The van der Waals surface area contributed by atoms with Gasteiger partial charge in [0.05, 0.1) is 18.0 Å². The number of aromatic amines is 1. The summed E-state index contributed by atoms with van der Waals surface area (Å²) in [6.07, 6.45) is 8.59. The molecule has 0 spiro atoms. The lowest BCUT2D eigenvalue weighted by Crippen LogP contribution is -2.25. The van der Waals surface area contributed by atoms with Crippen LogP contribution in [0.5, 0.6) is 0 Å². The van der Waals surface area contributed by atoms with Crippen LogP contribution in [-0.2, 0) is 0 Å². The van der Waals surface area contributed by atoms with Crippen molar-refractivity contribution in [3.05, 3.63) is 78.7 Å². The van der Waals surface area contributed by atoms with Crippen molar-refractivity contribution in [2.75, 3.05) is 22.1 Å². The molecular weight excluding hydrogens is 446 g/mol. The van der Waals surface area contributed by atoms with E-state index < -0.39 is 0 Å². The highest BCUT2D eigenvalue weighted by molar-refractivity contribution is 6.03. The van der Waals surface area contributed by atoms with Crippen LogP contribution in [0.1, 0.15) is 35.1 Å². The maximum Gasteiger partial charge on any atom is 0.273 e. The molecule has 35 heavy (non-hydrogen) atoms. The number of carbonyl (C=O) groups is 1. The first kappa shape index (κ1) is 20.8. The molecule has 5 aromatic heterocycles. The third kappa shape index (κ3) is 4.14. The SMILES string of the molecule is O=C(Nc1ccncc1)c1cc(Nc2nc(N3CCCC3c3ccccn3)nc3ccoc23)n[nH]1. The van der Waals surface area contributed by atoms with Crippen LogP contribution >= 0.6 is 0 Å². The van der Waals surface area contributed by atoms with Crippen LogP contribution in [0, 0.1) is 0 Å². The summed E-state index contributed by atoms with van der Waals surface area (Å²) in [5, 5.41) is 12.9. The molecule has 174 valence electrons. The van der Waals surface area contributed by atoms with Crippen molar-refractivity contribution >= 4 is 40.3 Å². The number of fused-ring (bicyclic) bond motifs is 1. The van der Waals surface area contributed by atoms with E-state index >= 15 is 0 Å². The second kappa shape index (κ2) is 8.86. The Kier molecular flexibility index (Phi) is 5.26. The Hall–Kier alpha value is -4.80. The summed E-state index contributed by atoms with van der Waals surface area (Å²) >= 11 is 0. The van der Waals surface area contributed by atoms with E-state index in [9.17, 15) is 4.79 Å². The van der Waals surface area contributed by atoms with Crippen LogP contribution in [0.15, 0.2) is 71.7 Å². The first-order valence-electron chi connectivity index (χ1n) is 11.2. The molecular formula is C24H21N9O2. The molecule has 0 saturated carbocycles. The molecule has 1 aliphatic heterocycles. The number of pyridine rings is 2. The monoisotopic (exact) mass is 467 g/mol. The normalized spacial score (nSPS) is 15.4. The number of amides is 1. The van der Waals surface area contributed by atoms with Crippen molar-refractivity contribution in [2.24, 2.45) is 0 Å². The van der Waals surface area contributed by atoms with Crippen LogP contribution in [0.4, 0.5) is 23.3 Å². The van der Waals surface area contributed by atoms with E-state index in [0.717, 1.165) is 25.1 Å². The molecule has 1 amide bonds. The Morgan fingerprint density at radius 3 is 2.89 bits per heavy atom.